The van der Waals surface area contributed by atoms with Crippen LogP contribution in [-0.2, 0) is 0 Å². The quantitative estimate of drug-likeness (QED) is 0.927. The van der Waals surface area contributed by atoms with E-state index < -0.39 is 0 Å². The molecule has 2 aliphatic heterocycles. The Bertz CT molecular complexity index is 552. The minimum absolute atomic E-state index is 0.119. The van der Waals surface area contributed by atoms with Crippen LogP contribution in [0.15, 0.2) is 12.5 Å². The summed E-state index contributed by atoms with van der Waals surface area (Å²) in [6.45, 7) is 5.56. The predicted octanol–water partition coefficient (Wildman–Crippen LogP) is 2.92. The predicted molar refractivity (Wildman–Crippen MR) is 93.8 cm³/mol. The molecule has 1 aromatic rings. The van der Waals surface area contributed by atoms with Gasteiger partial charge in [0, 0.05) is 31.6 Å². The Balaban J connectivity index is 1.36. The molecule has 0 radical (unpaired) electrons. The van der Waals surface area contributed by atoms with Gasteiger partial charge in [0.05, 0.1) is 12.5 Å². The van der Waals surface area contributed by atoms with E-state index in [-0.39, 0.29) is 5.91 Å². The molecule has 5 nitrogen and oxygen atoms in total. The standard InChI is InChI=1S/C19H30N4O/c24-18(17-11-20-15-21-17)23-10-8-19(14-23)7-4-9-22(13-19)12-16-5-2-1-3-6-16/h11,15-16H,1-10,12-14H2,(H,20,21). The molecule has 4 rings (SSSR count). The van der Waals surface area contributed by atoms with Crippen molar-refractivity contribution in [1.82, 2.24) is 19.8 Å². The van der Waals surface area contributed by atoms with Crippen molar-refractivity contribution in [3.63, 3.8) is 0 Å². The molecule has 1 spiro atoms. The molecule has 132 valence electrons. The fourth-order valence-electron chi connectivity index (χ4n) is 5.19. The summed E-state index contributed by atoms with van der Waals surface area (Å²) < 4.78 is 0. The van der Waals surface area contributed by atoms with E-state index in [1.807, 2.05) is 4.90 Å². The summed E-state index contributed by atoms with van der Waals surface area (Å²) in [4.78, 5) is 24.3. The lowest BCUT2D eigenvalue weighted by atomic mass is 9.78. The molecular formula is C19H30N4O. The normalized spacial score (nSPS) is 29.4. The summed E-state index contributed by atoms with van der Waals surface area (Å²) in [5, 5.41) is 0. The third-order valence-corrected chi connectivity index (χ3v) is 6.44. The number of hydrogen-bond acceptors (Lipinski definition) is 3. The molecule has 0 aromatic carbocycles. The van der Waals surface area contributed by atoms with Gasteiger partial charge in [-0.3, -0.25) is 4.79 Å². The number of hydrogen-bond donors (Lipinski definition) is 1. The van der Waals surface area contributed by atoms with Gasteiger partial charge in [-0.05, 0) is 44.6 Å². The highest BCUT2D eigenvalue weighted by atomic mass is 16.2. The highest BCUT2D eigenvalue weighted by Crippen LogP contribution is 2.40. The van der Waals surface area contributed by atoms with Crippen molar-refractivity contribution in [3.8, 4) is 0 Å². The monoisotopic (exact) mass is 330 g/mol. The van der Waals surface area contributed by atoms with Crippen molar-refractivity contribution < 1.29 is 4.79 Å². The smallest absolute Gasteiger partial charge is 0.271 e. The van der Waals surface area contributed by atoms with E-state index in [1.165, 1.54) is 64.6 Å². The second kappa shape index (κ2) is 6.87. The summed E-state index contributed by atoms with van der Waals surface area (Å²) in [7, 11) is 0. The van der Waals surface area contributed by atoms with E-state index >= 15 is 0 Å². The average molecular weight is 330 g/mol. The highest BCUT2D eigenvalue weighted by Gasteiger charge is 2.43. The Morgan fingerprint density at radius 2 is 2.04 bits per heavy atom. The molecule has 1 N–H and O–H groups in total. The molecule has 3 aliphatic rings. The Morgan fingerprint density at radius 1 is 1.17 bits per heavy atom. The van der Waals surface area contributed by atoms with Crippen molar-refractivity contribution in [2.45, 2.75) is 51.4 Å². The minimum Gasteiger partial charge on any atom is -0.341 e. The second-order valence-corrected chi connectivity index (χ2v) is 8.28. The number of rotatable bonds is 3. The van der Waals surface area contributed by atoms with Crippen LogP contribution in [-0.4, -0.2) is 58.4 Å². The van der Waals surface area contributed by atoms with Crippen LogP contribution in [0.5, 0.6) is 0 Å². The number of carbonyl (C=O) groups excluding carboxylic acids is 1. The first kappa shape index (κ1) is 16.1. The average Bonchev–Trinajstić information content (AvgIpc) is 3.26. The molecule has 0 bridgehead atoms. The highest BCUT2D eigenvalue weighted by molar-refractivity contribution is 5.92. The molecular weight excluding hydrogens is 300 g/mol. The maximum atomic E-state index is 12.6. The van der Waals surface area contributed by atoms with E-state index in [1.54, 1.807) is 12.5 Å². The van der Waals surface area contributed by atoms with Crippen LogP contribution in [0.25, 0.3) is 0 Å². The lowest BCUT2D eigenvalue weighted by Gasteiger charge is -2.42. The Labute approximate surface area is 144 Å². The number of nitrogens with zero attached hydrogens (tertiary/aromatic N) is 3. The van der Waals surface area contributed by atoms with Crippen molar-refractivity contribution in [2.24, 2.45) is 11.3 Å². The molecule has 1 amide bonds. The maximum absolute atomic E-state index is 12.6. The summed E-state index contributed by atoms with van der Waals surface area (Å²) in [6, 6.07) is 0. The molecule has 1 atom stereocenters. The van der Waals surface area contributed by atoms with Gasteiger partial charge in [0.25, 0.3) is 5.91 Å². The summed E-state index contributed by atoms with van der Waals surface area (Å²) in [5.41, 5.74) is 0.963. The van der Waals surface area contributed by atoms with Gasteiger partial charge >= 0.3 is 0 Å². The lowest BCUT2D eigenvalue weighted by molar-refractivity contribution is 0.0627. The third kappa shape index (κ3) is 3.37. The lowest BCUT2D eigenvalue weighted by Crippen LogP contribution is -2.47. The van der Waals surface area contributed by atoms with Crippen LogP contribution in [0, 0.1) is 11.3 Å². The van der Waals surface area contributed by atoms with Crippen LogP contribution in [0.3, 0.4) is 0 Å². The molecule has 24 heavy (non-hydrogen) atoms. The molecule has 2 saturated heterocycles. The molecule has 5 heteroatoms. The van der Waals surface area contributed by atoms with Gasteiger partial charge < -0.3 is 14.8 Å². The molecule has 3 heterocycles. The van der Waals surface area contributed by atoms with Crippen LogP contribution in [0.4, 0.5) is 0 Å². The first-order valence-electron chi connectivity index (χ1n) is 9.74. The van der Waals surface area contributed by atoms with Crippen molar-refractivity contribution in [3.05, 3.63) is 18.2 Å². The van der Waals surface area contributed by atoms with Gasteiger partial charge in [0.2, 0.25) is 0 Å². The number of amides is 1. The molecule has 1 aromatic heterocycles. The van der Waals surface area contributed by atoms with E-state index in [9.17, 15) is 4.79 Å². The number of likely N-dealkylation sites (tertiary alicyclic amines) is 2. The van der Waals surface area contributed by atoms with Crippen LogP contribution in [0.2, 0.25) is 0 Å². The third-order valence-electron chi connectivity index (χ3n) is 6.44. The van der Waals surface area contributed by atoms with Gasteiger partial charge in [-0.15, -0.1) is 0 Å². The van der Waals surface area contributed by atoms with Crippen molar-refractivity contribution in [2.75, 3.05) is 32.7 Å². The number of carbonyl (C=O) groups is 1. The van der Waals surface area contributed by atoms with E-state index in [4.69, 9.17) is 0 Å². The van der Waals surface area contributed by atoms with E-state index in [2.05, 4.69) is 14.9 Å². The summed E-state index contributed by atoms with van der Waals surface area (Å²) >= 11 is 0. The number of piperidine rings is 1. The van der Waals surface area contributed by atoms with Gasteiger partial charge in [0.15, 0.2) is 0 Å². The zero-order chi connectivity index (χ0) is 16.4. The fraction of sp³-hybridized carbons (Fsp3) is 0.789. The number of nitrogens with one attached hydrogen (secondary N) is 1. The SMILES string of the molecule is O=C(c1cnc[nH]1)N1CCC2(CCCN(CC3CCCCC3)C2)C1. The first-order chi connectivity index (χ1) is 11.7. The second-order valence-electron chi connectivity index (χ2n) is 8.28. The first-order valence-corrected chi connectivity index (χ1v) is 9.74. The number of imidazole rings is 1. The van der Waals surface area contributed by atoms with Crippen LogP contribution >= 0.6 is 0 Å². The fourth-order valence-corrected chi connectivity index (χ4v) is 5.19. The van der Waals surface area contributed by atoms with Gasteiger partial charge in [-0.2, -0.15) is 0 Å². The summed E-state index contributed by atoms with van der Waals surface area (Å²) in [5.74, 6) is 1.03. The molecule has 1 unspecified atom stereocenters. The molecule has 1 aliphatic carbocycles. The van der Waals surface area contributed by atoms with Gasteiger partial charge in [-0.25, -0.2) is 4.98 Å². The van der Waals surface area contributed by atoms with Crippen LogP contribution in [0.1, 0.15) is 61.9 Å². The zero-order valence-electron chi connectivity index (χ0n) is 14.7. The van der Waals surface area contributed by atoms with Crippen LogP contribution < -0.4 is 0 Å². The van der Waals surface area contributed by atoms with E-state index in [0.29, 0.717) is 11.1 Å². The largest absolute Gasteiger partial charge is 0.341 e. The molecule has 1 saturated carbocycles. The maximum Gasteiger partial charge on any atom is 0.271 e. The van der Waals surface area contributed by atoms with Crippen molar-refractivity contribution >= 4 is 5.91 Å². The Kier molecular flexibility index (Phi) is 4.61. The molecule has 3 fully saturated rings. The number of aromatic nitrogens is 2. The van der Waals surface area contributed by atoms with Gasteiger partial charge in [-0.1, -0.05) is 19.3 Å². The van der Waals surface area contributed by atoms with Gasteiger partial charge in [0.1, 0.15) is 5.69 Å². The van der Waals surface area contributed by atoms with E-state index in [0.717, 1.165) is 25.4 Å². The summed E-state index contributed by atoms with van der Waals surface area (Å²) in [6.07, 6.45) is 14.1. The minimum atomic E-state index is 0.119. The topological polar surface area (TPSA) is 52.2 Å². The Morgan fingerprint density at radius 3 is 2.83 bits per heavy atom. The number of H-pyrrole nitrogens is 1. The zero-order valence-corrected chi connectivity index (χ0v) is 14.7. The van der Waals surface area contributed by atoms with Crippen molar-refractivity contribution in [1.29, 1.82) is 0 Å². The number of aromatic amines is 1. The Hall–Kier alpha value is -1.36.